The lowest BCUT2D eigenvalue weighted by atomic mass is 9.96. The van der Waals surface area contributed by atoms with E-state index in [0.29, 0.717) is 12.2 Å². The van der Waals surface area contributed by atoms with Gasteiger partial charge in [0.25, 0.3) is 5.91 Å². The summed E-state index contributed by atoms with van der Waals surface area (Å²) < 4.78 is 2.97. The summed E-state index contributed by atoms with van der Waals surface area (Å²) in [6, 6.07) is 28.2. The van der Waals surface area contributed by atoms with Gasteiger partial charge in [0.15, 0.2) is 5.69 Å². The third-order valence-electron chi connectivity index (χ3n) is 5.19. The Kier molecular flexibility index (Phi) is 4.52. The molecule has 1 N–H and O–H groups in total. The van der Waals surface area contributed by atoms with Gasteiger partial charge in [0.2, 0.25) is 0 Å². The maximum Gasteiger partial charge on any atom is 0.272 e. The van der Waals surface area contributed by atoms with E-state index >= 15 is 0 Å². The van der Waals surface area contributed by atoms with Crippen LogP contribution in [-0.2, 0) is 6.54 Å². The molecule has 0 bridgehead atoms. The molecule has 0 radical (unpaired) electrons. The van der Waals surface area contributed by atoms with Gasteiger partial charge in [-0.3, -0.25) is 9.48 Å². The number of fused-ring (bicyclic) bond motifs is 1. The van der Waals surface area contributed by atoms with Crippen molar-refractivity contribution < 1.29 is 4.79 Å². The van der Waals surface area contributed by atoms with Crippen molar-refractivity contribution in [2.24, 2.45) is 0 Å². The zero-order valence-electron chi connectivity index (χ0n) is 15.5. The minimum absolute atomic E-state index is 0.128. The average Bonchev–Trinajstić information content (AvgIpc) is 3.27. The van der Waals surface area contributed by atoms with E-state index in [1.165, 1.54) is 0 Å². The summed E-state index contributed by atoms with van der Waals surface area (Å²) in [6.45, 7) is 0.610. The van der Waals surface area contributed by atoms with Crippen molar-refractivity contribution in [3.05, 3.63) is 112 Å². The second-order valence-electron chi connectivity index (χ2n) is 7.08. The molecule has 29 heavy (non-hydrogen) atoms. The number of aromatic nitrogens is 2. The Balaban J connectivity index is 1.69. The predicted octanol–water partition coefficient (Wildman–Crippen LogP) is 5.19. The number of halogens is 1. The molecule has 1 aromatic heterocycles. The van der Waals surface area contributed by atoms with Crippen LogP contribution >= 0.6 is 15.9 Å². The Morgan fingerprint density at radius 3 is 2.24 bits per heavy atom. The number of carbonyl (C=O) groups is 1. The molecule has 5 rings (SSSR count). The molecule has 1 aliphatic heterocycles. The number of carbonyl (C=O) groups excluding carboxylic acids is 1. The van der Waals surface area contributed by atoms with Crippen molar-refractivity contribution in [1.29, 1.82) is 0 Å². The first-order valence-corrected chi connectivity index (χ1v) is 10.3. The van der Waals surface area contributed by atoms with E-state index < -0.39 is 0 Å². The molecule has 0 spiro atoms. The van der Waals surface area contributed by atoms with Gasteiger partial charge >= 0.3 is 0 Å². The van der Waals surface area contributed by atoms with Gasteiger partial charge in [-0.05, 0) is 23.3 Å². The third-order valence-corrected chi connectivity index (χ3v) is 5.72. The first-order chi connectivity index (χ1) is 14.2. The Bertz CT molecular complexity index is 1170. The molecule has 4 aromatic rings. The van der Waals surface area contributed by atoms with Gasteiger partial charge in [-0.1, -0.05) is 88.7 Å². The van der Waals surface area contributed by atoms with Crippen molar-refractivity contribution in [2.75, 3.05) is 0 Å². The predicted molar refractivity (Wildman–Crippen MR) is 117 cm³/mol. The van der Waals surface area contributed by atoms with E-state index in [0.717, 1.165) is 32.4 Å². The minimum atomic E-state index is -0.217. The molecule has 5 heteroatoms. The summed E-state index contributed by atoms with van der Waals surface area (Å²) in [5.74, 6) is -0.128. The smallest absolute Gasteiger partial charge is 0.272 e. The molecule has 0 aliphatic carbocycles. The molecule has 142 valence electrons. The number of hydrogen-bond acceptors (Lipinski definition) is 2. The molecule has 1 atom stereocenters. The molecule has 3 aromatic carbocycles. The van der Waals surface area contributed by atoms with Gasteiger partial charge in [0, 0.05) is 15.6 Å². The van der Waals surface area contributed by atoms with E-state index in [2.05, 4.69) is 45.5 Å². The summed E-state index contributed by atoms with van der Waals surface area (Å²) in [5, 5.41) is 7.84. The van der Waals surface area contributed by atoms with Crippen molar-refractivity contribution >= 4 is 21.8 Å². The van der Waals surface area contributed by atoms with Crippen LogP contribution in [0.3, 0.4) is 0 Å². The van der Waals surface area contributed by atoms with Gasteiger partial charge in [0.05, 0.1) is 18.3 Å². The zero-order valence-corrected chi connectivity index (χ0v) is 17.1. The fraction of sp³-hybridized carbons (Fsp3) is 0.0833. The lowest BCUT2D eigenvalue weighted by Crippen LogP contribution is -2.22. The molecule has 0 saturated carbocycles. The van der Waals surface area contributed by atoms with Gasteiger partial charge in [0.1, 0.15) is 0 Å². The van der Waals surface area contributed by atoms with Crippen LogP contribution in [0, 0.1) is 0 Å². The molecule has 2 heterocycles. The quantitative estimate of drug-likeness (QED) is 0.471. The number of nitrogens with one attached hydrogen (secondary N) is 1. The minimum Gasteiger partial charge on any atom is -0.340 e. The number of amides is 1. The molecule has 4 nitrogen and oxygen atoms in total. The zero-order chi connectivity index (χ0) is 19.8. The monoisotopic (exact) mass is 443 g/mol. The fourth-order valence-corrected chi connectivity index (χ4v) is 4.13. The summed E-state index contributed by atoms with van der Waals surface area (Å²) >= 11 is 3.49. The molecule has 1 amide bonds. The molecule has 1 aliphatic rings. The largest absolute Gasteiger partial charge is 0.340 e. The van der Waals surface area contributed by atoms with Crippen LogP contribution in [0.5, 0.6) is 0 Å². The number of hydrogen-bond donors (Lipinski definition) is 1. The first kappa shape index (κ1) is 17.9. The van der Waals surface area contributed by atoms with Gasteiger partial charge in [-0.2, -0.15) is 5.10 Å². The standard InChI is InChI=1S/C24H18BrN3O/c25-19-13-11-17(12-14-19)21-20-22(24(29)26-21)27-28(15-16-7-3-1-4-8-16)23(20)18-9-5-2-6-10-18/h1-14,21H,15H2,(H,26,29). The van der Waals surface area contributed by atoms with E-state index in [1.54, 1.807) is 0 Å². The van der Waals surface area contributed by atoms with E-state index in [1.807, 2.05) is 65.3 Å². The second-order valence-corrected chi connectivity index (χ2v) is 7.99. The summed E-state index contributed by atoms with van der Waals surface area (Å²) in [7, 11) is 0. The van der Waals surface area contributed by atoms with Gasteiger partial charge in [-0.25, -0.2) is 0 Å². The van der Waals surface area contributed by atoms with Gasteiger partial charge in [-0.15, -0.1) is 0 Å². The fourth-order valence-electron chi connectivity index (χ4n) is 3.87. The molecule has 1 unspecified atom stereocenters. The van der Waals surface area contributed by atoms with Crippen molar-refractivity contribution in [1.82, 2.24) is 15.1 Å². The Labute approximate surface area is 177 Å². The number of rotatable bonds is 4. The third kappa shape index (κ3) is 3.28. The second kappa shape index (κ2) is 7.33. The van der Waals surface area contributed by atoms with Crippen molar-refractivity contribution in [3.8, 4) is 11.3 Å². The highest BCUT2D eigenvalue weighted by Gasteiger charge is 2.37. The van der Waals surface area contributed by atoms with Crippen LogP contribution in [0.1, 0.15) is 33.2 Å². The summed E-state index contributed by atoms with van der Waals surface area (Å²) in [4.78, 5) is 12.8. The average molecular weight is 444 g/mol. The van der Waals surface area contributed by atoms with E-state index in [4.69, 9.17) is 5.10 Å². The lowest BCUT2D eigenvalue weighted by Gasteiger charge is -2.16. The SMILES string of the molecule is O=C1NC(c2ccc(Br)cc2)c2c1nn(Cc1ccccc1)c2-c1ccccc1. The molecule has 0 saturated heterocycles. The van der Waals surface area contributed by atoms with E-state index in [-0.39, 0.29) is 11.9 Å². The van der Waals surface area contributed by atoms with Gasteiger partial charge < -0.3 is 5.32 Å². The van der Waals surface area contributed by atoms with Crippen molar-refractivity contribution in [3.63, 3.8) is 0 Å². The van der Waals surface area contributed by atoms with Crippen molar-refractivity contribution in [2.45, 2.75) is 12.6 Å². The Hall–Kier alpha value is -3.18. The molecular formula is C24H18BrN3O. The van der Waals surface area contributed by atoms with Crippen LogP contribution in [0.4, 0.5) is 0 Å². The van der Waals surface area contributed by atoms with E-state index in [9.17, 15) is 4.79 Å². The first-order valence-electron chi connectivity index (χ1n) is 9.47. The molecular weight excluding hydrogens is 426 g/mol. The normalized spacial score (nSPS) is 15.2. The maximum absolute atomic E-state index is 12.8. The Morgan fingerprint density at radius 2 is 1.55 bits per heavy atom. The number of nitrogens with zero attached hydrogens (tertiary/aromatic N) is 2. The molecule has 0 fully saturated rings. The Morgan fingerprint density at radius 1 is 0.897 bits per heavy atom. The highest BCUT2D eigenvalue weighted by atomic mass is 79.9. The summed E-state index contributed by atoms with van der Waals surface area (Å²) in [5.41, 5.74) is 5.67. The van der Waals surface area contributed by atoms with Crippen LogP contribution in [0.15, 0.2) is 89.4 Å². The maximum atomic E-state index is 12.8. The lowest BCUT2D eigenvalue weighted by molar-refractivity contribution is 0.0954. The van der Waals surface area contributed by atoms with Crippen LogP contribution in [0.25, 0.3) is 11.3 Å². The topological polar surface area (TPSA) is 46.9 Å². The highest BCUT2D eigenvalue weighted by Crippen LogP contribution is 2.39. The van der Waals surface area contributed by atoms with Crippen LogP contribution in [-0.4, -0.2) is 15.7 Å². The number of benzene rings is 3. The highest BCUT2D eigenvalue weighted by molar-refractivity contribution is 9.10. The van der Waals surface area contributed by atoms with Crippen LogP contribution < -0.4 is 5.32 Å². The van der Waals surface area contributed by atoms with Crippen LogP contribution in [0.2, 0.25) is 0 Å². The summed E-state index contributed by atoms with van der Waals surface area (Å²) in [6.07, 6.45) is 0.